The second-order valence-corrected chi connectivity index (χ2v) is 3.14. The Labute approximate surface area is 93.3 Å². The van der Waals surface area contributed by atoms with Crippen molar-refractivity contribution in [2.75, 3.05) is 19.6 Å². The van der Waals surface area contributed by atoms with Gasteiger partial charge in [0.2, 0.25) is 0 Å². The Morgan fingerprint density at radius 1 is 1.40 bits per heavy atom. The fourth-order valence-electron chi connectivity index (χ4n) is 1.28. The van der Waals surface area contributed by atoms with Crippen LogP contribution in [0.25, 0.3) is 0 Å². The van der Waals surface area contributed by atoms with Crippen LogP contribution in [-0.4, -0.2) is 30.8 Å². The predicted molar refractivity (Wildman–Crippen MR) is 66.2 cm³/mol. The SMILES string of the molecule is CC.CCNCCNC1C=CC(O)=CC1. The van der Waals surface area contributed by atoms with Crippen LogP contribution < -0.4 is 10.6 Å². The van der Waals surface area contributed by atoms with Gasteiger partial charge in [-0.15, -0.1) is 0 Å². The lowest BCUT2D eigenvalue weighted by molar-refractivity contribution is 0.421. The molecule has 3 heteroatoms. The molecule has 3 N–H and O–H groups in total. The highest BCUT2D eigenvalue weighted by Gasteiger charge is 2.05. The average molecular weight is 212 g/mol. The van der Waals surface area contributed by atoms with Crippen LogP contribution in [0.4, 0.5) is 0 Å². The van der Waals surface area contributed by atoms with Crippen LogP contribution in [-0.2, 0) is 0 Å². The Morgan fingerprint density at radius 3 is 2.67 bits per heavy atom. The Morgan fingerprint density at radius 2 is 2.13 bits per heavy atom. The number of rotatable bonds is 5. The lowest BCUT2D eigenvalue weighted by atomic mass is 10.1. The third kappa shape index (κ3) is 7.17. The summed E-state index contributed by atoms with van der Waals surface area (Å²) in [6.07, 6.45) is 6.47. The fourth-order valence-corrected chi connectivity index (χ4v) is 1.28. The minimum absolute atomic E-state index is 0.379. The van der Waals surface area contributed by atoms with E-state index in [0.717, 1.165) is 26.1 Å². The van der Waals surface area contributed by atoms with Gasteiger partial charge in [-0.2, -0.15) is 0 Å². The van der Waals surface area contributed by atoms with Crippen molar-refractivity contribution in [3.05, 3.63) is 24.0 Å². The van der Waals surface area contributed by atoms with E-state index in [-0.39, 0.29) is 0 Å². The van der Waals surface area contributed by atoms with Crippen LogP contribution >= 0.6 is 0 Å². The number of allylic oxidation sites excluding steroid dienone is 1. The molecule has 1 unspecified atom stereocenters. The third-order valence-electron chi connectivity index (χ3n) is 2.04. The number of aliphatic hydroxyl groups excluding tert-OH is 1. The van der Waals surface area contributed by atoms with E-state index in [2.05, 4.69) is 17.6 Å². The van der Waals surface area contributed by atoms with Gasteiger partial charge in [-0.3, -0.25) is 0 Å². The van der Waals surface area contributed by atoms with Crippen molar-refractivity contribution in [2.45, 2.75) is 33.2 Å². The number of aliphatic hydroxyl groups is 1. The van der Waals surface area contributed by atoms with E-state index in [1.54, 1.807) is 6.08 Å². The molecule has 0 saturated heterocycles. The molecule has 0 aliphatic heterocycles. The summed E-state index contributed by atoms with van der Waals surface area (Å²) in [4.78, 5) is 0. The maximum atomic E-state index is 9.07. The van der Waals surface area contributed by atoms with Gasteiger partial charge >= 0.3 is 0 Å². The zero-order valence-electron chi connectivity index (χ0n) is 10.1. The van der Waals surface area contributed by atoms with Crippen LogP contribution in [0.3, 0.4) is 0 Å². The van der Waals surface area contributed by atoms with Gasteiger partial charge in [0.15, 0.2) is 0 Å². The molecule has 1 rings (SSSR count). The van der Waals surface area contributed by atoms with Crippen molar-refractivity contribution in [1.29, 1.82) is 0 Å². The third-order valence-corrected chi connectivity index (χ3v) is 2.04. The molecule has 1 atom stereocenters. The Bertz CT molecular complexity index is 200. The van der Waals surface area contributed by atoms with Crippen molar-refractivity contribution in [2.24, 2.45) is 0 Å². The molecule has 0 amide bonds. The number of hydrogen-bond acceptors (Lipinski definition) is 3. The van der Waals surface area contributed by atoms with E-state index in [0.29, 0.717) is 11.8 Å². The molecule has 0 aromatic rings. The molecule has 0 spiro atoms. The minimum Gasteiger partial charge on any atom is -0.508 e. The molecule has 0 saturated carbocycles. The normalized spacial score (nSPS) is 19.1. The van der Waals surface area contributed by atoms with E-state index >= 15 is 0 Å². The molecule has 1 aliphatic rings. The van der Waals surface area contributed by atoms with Crippen molar-refractivity contribution < 1.29 is 5.11 Å². The second-order valence-electron chi connectivity index (χ2n) is 3.14. The maximum absolute atomic E-state index is 9.07. The van der Waals surface area contributed by atoms with Gasteiger partial charge in [-0.05, 0) is 25.1 Å². The molecular weight excluding hydrogens is 188 g/mol. The van der Waals surface area contributed by atoms with Crippen molar-refractivity contribution >= 4 is 0 Å². The lowest BCUT2D eigenvalue weighted by Crippen LogP contribution is -2.34. The smallest absolute Gasteiger partial charge is 0.111 e. The monoisotopic (exact) mass is 212 g/mol. The Balaban J connectivity index is 0.000000921. The summed E-state index contributed by atoms with van der Waals surface area (Å²) in [6, 6.07) is 0.384. The van der Waals surface area contributed by atoms with Gasteiger partial charge in [0.25, 0.3) is 0 Å². The van der Waals surface area contributed by atoms with E-state index in [1.165, 1.54) is 0 Å². The summed E-state index contributed by atoms with van der Waals surface area (Å²) in [5, 5.41) is 15.7. The van der Waals surface area contributed by atoms with Crippen LogP contribution in [0.15, 0.2) is 24.0 Å². The first kappa shape index (κ1) is 14.2. The molecule has 88 valence electrons. The molecule has 0 bridgehead atoms. The maximum Gasteiger partial charge on any atom is 0.111 e. The van der Waals surface area contributed by atoms with Crippen molar-refractivity contribution in [3.63, 3.8) is 0 Å². The largest absolute Gasteiger partial charge is 0.508 e. The van der Waals surface area contributed by atoms with Crippen molar-refractivity contribution in [3.8, 4) is 0 Å². The average Bonchev–Trinajstić information content (AvgIpc) is 2.30. The fraction of sp³-hybridized carbons (Fsp3) is 0.667. The van der Waals surface area contributed by atoms with E-state index in [1.807, 2.05) is 26.0 Å². The molecule has 0 radical (unpaired) electrons. The van der Waals surface area contributed by atoms with E-state index in [4.69, 9.17) is 5.11 Å². The van der Waals surface area contributed by atoms with Gasteiger partial charge in [0.05, 0.1) is 0 Å². The molecule has 1 aliphatic carbocycles. The highest BCUT2D eigenvalue weighted by molar-refractivity contribution is 5.18. The molecular formula is C12H24N2O. The molecule has 15 heavy (non-hydrogen) atoms. The Hall–Kier alpha value is -0.800. The quantitative estimate of drug-likeness (QED) is 0.611. The molecule has 0 aromatic heterocycles. The highest BCUT2D eigenvalue weighted by atomic mass is 16.3. The van der Waals surface area contributed by atoms with Crippen LogP contribution in [0.5, 0.6) is 0 Å². The van der Waals surface area contributed by atoms with E-state index in [9.17, 15) is 0 Å². The van der Waals surface area contributed by atoms with Gasteiger partial charge in [-0.1, -0.05) is 26.8 Å². The van der Waals surface area contributed by atoms with Crippen LogP contribution in [0.1, 0.15) is 27.2 Å². The van der Waals surface area contributed by atoms with Gasteiger partial charge in [0.1, 0.15) is 5.76 Å². The molecule has 0 aromatic carbocycles. The summed E-state index contributed by atoms with van der Waals surface area (Å²) in [7, 11) is 0. The van der Waals surface area contributed by atoms with Gasteiger partial charge < -0.3 is 15.7 Å². The second kappa shape index (κ2) is 9.74. The topological polar surface area (TPSA) is 44.3 Å². The summed E-state index contributed by atoms with van der Waals surface area (Å²) >= 11 is 0. The number of hydrogen-bond donors (Lipinski definition) is 3. The lowest BCUT2D eigenvalue weighted by Gasteiger charge is -2.15. The predicted octanol–water partition coefficient (Wildman–Crippen LogP) is 1.98. The minimum atomic E-state index is 0.379. The van der Waals surface area contributed by atoms with Gasteiger partial charge in [-0.25, -0.2) is 0 Å². The first-order valence-corrected chi connectivity index (χ1v) is 5.84. The zero-order valence-corrected chi connectivity index (χ0v) is 10.1. The number of likely N-dealkylation sites (N-methyl/N-ethyl adjacent to an activating group) is 1. The van der Waals surface area contributed by atoms with Crippen molar-refractivity contribution in [1.82, 2.24) is 10.6 Å². The summed E-state index contributed by atoms with van der Waals surface area (Å²) in [6.45, 7) is 9.08. The zero-order chi connectivity index (χ0) is 11.5. The molecule has 0 heterocycles. The highest BCUT2D eigenvalue weighted by Crippen LogP contribution is 2.07. The molecule has 0 fully saturated rings. The number of nitrogens with one attached hydrogen (secondary N) is 2. The summed E-state index contributed by atoms with van der Waals surface area (Å²) < 4.78 is 0. The molecule has 3 nitrogen and oxygen atoms in total. The van der Waals surface area contributed by atoms with Gasteiger partial charge in [0, 0.05) is 19.1 Å². The van der Waals surface area contributed by atoms with E-state index < -0.39 is 0 Å². The van der Waals surface area contributed by atoms with Crippen LogP contribution in [0.2, 0.25) is 0 Å². The first-order valence-electron chi connectivity index (χ1n) is 5.84. The van der Waals surface area contributed by atoms with Crippen LogP contribution in [0, 0.1) is 0 Å². The Kier molecular flexibility index (Phi) is 9.22. The first-order chi connectivity index (χ1) is 7.33. The summed E-state index contributed by atoms with van der Waals surface area (Å²) in [5.74, 6) is 0.379. The standard InChI is InChI=1S/C10H18N2O.C2H6/c1-2-11-7-8-12-9-3-5-10(13)6-4-9;1-2/h3,5-6,9,11-13H,2,4,7-8H2,1H3;1-2H3. The summed E-state index contributed by atoms with van der Waals surface area (Å²) in [5.41, 5.74) is 0.